The van der Waals surface area contributed by atoms with E-state index in [0.29, 0.717) is 12.3 Å². The molecule has 1 aliphatic heterocycles. The molecule has 3 rings (SSSR count). The first-order valence-corrected chi connectivity index (χ1v) is 7.64. The Morgan fingerprint density at radius 1 is 1.17 bits per heavy atom. The number of nitrogens with one attached hydrogen (secondary N) is 3. The summed E-state index contributed by atoms with van der Waals surface area (Å²) in [6.07, 6.45) is 1.61. The van der Waals surface area contributed by atoms with Gasteiger partial charge in [0, 0.05) is 18.8 Å². The summed E-state index contributed by atoms with van der Waals surface area (Å²) >= 11 is 0. The van der Waals surface area contributed by atoms with Crippen molar-refractivity contribution in [2.45, 2.75) is 13.0 Å². The fourth-order valence-corrected chi connectivity index (χ4v) is 2.36. The Kier molecular flexibility index (Phi) is 4.85. The molecule has 1 atom stereocenters. The minimum atomic E-state index is -0.293. The number of carbonyl (C=O) groups excluding carboxylic acids is 1. The van der Waals surface area contributed by atoms with Crippen LogP contribution < -0.4 is 16.0 Å². The van der Waals surface area contributed by atoms with Crippen molar-refractivity contribution < 1.29 is 9.53 Å². The van der Waals surface area contributed by atoms with Gasteiger partial charge in [-0.2, -0.15) is 0 Å². The van der Waals surface area contributed by atoms with Crippen LogP contribution in [0.2, 0.25) is 0 Å². The fourth-order valence-electron chi connectivity index (χ4n) is 2.36. The van der Waals surface area contributed by atoms with Crippen LogP contribution in [0.15, 0.2) is 42.6 Å². The molecule has 1 aromatic heterocycles. The van der Waals surface area contributed by atoms with E-state index in [-0.39, 0.29) is 12.1 Å². The Labute approximate surface area is 135 Å². The summed E-state index contributed by atoms with van der Waals surface area (Å²) in [5, 5.41) is 8.82. The van der Waals surface area contributed by atoms with E-state index in [1.165, 1.54) is 0 Å². The number of pyridine rings is 1. The van der Waals surface area contributed by atoms with Gasteiger partial charge in [0.05, 0.1) is 24.2 Å². The third kappa shape index (κ3) is 4.28. The summed E-state index contributed by atoms with van der Waals surface area (Å²) < 4.78 is 5.65. The first-order valence-electron chi connectivity index (χ1n) is 7.64. The van der Waals surface area contributed by atoms with Gasteiger partial charge in [-0.25, -0.2) is 4.79 Å². The third-order valence-corrected chi connectivity index (χ3v) is 3.61. The van der Waals surface area contributed by atoms with Crippen molar-refractivity contribution in [1.29, 1.82) is 0 Å². The van der Waals surface area contributed by atoms with Gasteiger partial charge < -0.3 is 20.7 Å². The first-order chi connectivity index (χ1) is 11.2. The number of urea groups is 1. The zero-order valence-corrected chi connectivity index (χ0v) is 13.0. The number of nitrogens with zero attached hydrogens (tertiary/aromatic N) is 1. The molecule has 23 heavy (non-hydrogen) atoms. The molecule has 1 saturated heterocycles. The van der Waals surface area contributed by atoms with E-state index >= 15 is 0 Å². The molecule has 2 heterocycles. The van der Waals surface area contributed by atoms with Crippen LogP contribution in [0.4, 0.5) is 16.2 Å². The molecule has 6 heteroatoms. The molecule has 0 saturated carbocycles. The number of hydrogen-bond acceptors (Lipinski definition) is 4. The van der Waals surface area contributed by atoms with Gasteiger partial charge in [-0.05, 0) is 31.2 Å². The molecule has 1 aliphatic rings. The van der Waals surface area contributed by atoms with Crippen molar-refractivity contribution in [1.82, 2.24) is 10.3 Å². The number of benzene rings is 1. The zero-order valence-electron chi connectivity index (χ0n) is 13.0. The monoisotopic (exact) mass is 312 g/mol. The maximum atomic E-state index is 12.0. The maximum absolute atomic E-state index is 12.0. The van der Waals surface area contributed by atoms with Gasteiger partial charge in [0.2, 0.25) is 0 Å². The summed E-state index contributed by atoms with van der Waals surface area (Å²) in [6, 6.07) is 11.0. The van der Waals surface area contributed by atoms with Gasteiger partial charge in [0.25, 0.3) is 0 Å². The van der Waals surface area contributed by atoms with Gasteiger partial charge in [-0.1, -0.05) is 17.7 Å². The first kappa shape index (κ1) is 15.5. The molecule has 1 unspecified atom stereocenters. The Morgan fingerprint density at radius 2 is 1.91 bits per heavy atom. The van der Waals surface area contributed by atoms with E-state index in [9.17, 15) is 4.79 Å². The minimum absolute atomic E-state index is 0.0285. The van der Waals surface area contributed by atoms with E-state index in [1.807, 2.05) is 43.3 Å². The highest BCUT2D eigenvalue weighted by Gasteiger charge is 2.16. The lowest BCUT2D eigenvalue weighted by Crippen LogP contribution is -2.33. The van der Waals surface area contributed by atoms with Crippen LogP contribution >= 0.6 is 0 Å². The second-order valence-electron chi connectivity index (χ2n) is 5.48. The molecule has 6 nitrogen and oxygen atoms in total. The summed E-state index contributed by atoms with van der Waals surface area (Å²) in [6.45, 7) is 4.32. The lowest BCUT2D eigenvalue weighted by molar-refractivity contribution is 0.0250. The Balaban J connectivity index is 1.57. The molecule has 0 bridgehead atoms. The Bertz CT molecular complexity index is 649. The highest BCUT2D eigenvalue weighted by molar-refractivity contribution is 5.99. The van der Waals surface area contributed by atoms with E-state index in [1.54, 1.807) is 6.20 Å². The number of aromatic nitrogens is 1. The maximum Gasteiger partial charge on any atom is 0.323 e. The van der Waals surface area contributed by atoms with Crippen LogP contribution in [0.25, 0.3) is 0 Å². The summed E-state index contributed by atoms with van der Waals surface area (Å²) in [5.41, 5.74) is 3.40. The fraction of sp³-hybridized carbons (Fsp3) is 0.294. The number of aryl methyl sites for hydroxylation is 1. The molecule has 0 spiro atoms. The van der Waals surface area contributed by atoms with Crippen LogP contribution in [0.1, 0.15) is 17.4 Å². The van der Waals surface area contributed by atoms with Crippen LogP contribution in [-0.4, -0.2) is 30.7 Å². The summed E-state index contributed by atoms with van der Waals surface area (Å²) in [7, 11) is 0. The molecule has 0 radical (unpaired) electrons. The van der Waals surface area contributed by atoms with Crippen molar-refractivity contribution in [2.75, 3.05) is 30.3 Å². The van der Waals surface area contributed by atoms with Crippen molar-refractivity contribution in [3.8, 4) is 0 Å². The number of hydrogen-bond donors (Lipinski definition) is 3. The second kappa shape index (κ2) is 7.21. The Hall–Kier alpha value is -2.44. The minimum Gasteiger partial charge on any atom is -0.369 e. The molecular weight excluding hydrogens is 292 g/mol. The average Bonchev–Trinajstić information content (AvgIpc) is 2.58. The third-order valence-electron chi connectivity index (χ3n) is 3.61. The molecule has 120 valence electrons. The lowest BCUT2D eigenvalue weighted by Gasteiger charge is -2.23. The summed E-state index contributed by atoms with van der Waals surface area (Å²) in [5.74, 6) is 0. The van der Waals surface area contributed by atoms with Gasteiger partial charge in [0.1, 0.15) is 6.10 Å². The van der Waals surface area contributed by atoms with Crippen LogP contribution in [0.3, 0.4) is 0 Å². The van der Waals surface area contributed by atoms with Crippen molar-refractivity contribution >= 4 is 17.4 Å². The molecule has 2 aromatic rings. The molecule has 2 amide bonds. The zero-order chi connectivity index (χ0) is 16.1. The molecule has 1 fully saturated rings. The molecular formula is C17H20N4O2. The SMILES string of the molecule is Cc1ccc(NC(=O)Nc2ccc(C3CNCCO3)nc2)cc1. The smallest absolute Gasteiger partial charge is 0.323 e. The quantitative estimate of drug-likeness (QED) is 0.814. The summed E-state index contributed by atoms with van der Waals surface area (Å²) in [4.78, 5) is 16.3. The van der Waals surface area contributed by atoms with Gasteiger partial charge in [-0.3, -0.25) is 4.98 Å². The standard InChI is InChI=1S/C17H20N4O2/c1-12-2-4-13(5-3-12)20-17(22)21-14-6-7-15(19-10-14)16-11-18-8-9-23-16/h2-7,10,16,18H,8-9,11H2,1H3,(H2,20,21,22). The van der Waals surface area contributed by atoms with E-state index < -0.39 is 0 Å². The normalized spacial score (nSPS) is 17.5. The number of carbonyl (C=O) groups is 1. The topological polar surface area (TPSA) is 75.3 Å². The number of ether oxygens (including phenoxy) is 1. The predicted octanol–water partition coefficient (Wildman–Crippen LogP) is 2.69. The van der Waals surface area contributed by atoms with E-state index in [2.05, 4.69) is 20.9 Å². The van der Waals surface area contributed by atoms with Crippen LogP contribution in [0, 0.1) is 6.92 Å². The van der Waals surface area contributed by atoms with Gasteiger partial charge in [-0.15, -0.1) is 0 Å². The molecule has 3 N–H and O–H groups in total. The second-order valence-corrected chi connectivity index (χ2v) is 5.48. The van der Waals surface area contributed by atoms with Gasteiger partial charge >= 0.3 is 6.03 Å². The van der Waals surface area contributed by atoms with Gasteiger partial charge in [0.15, 0.2) is 0 Å². The molecule has 1 aromatic carbocycles. The van der Waals surface area contributed by atoms with Crippen LogP contribution in [-0.2, 0) is 4.74 Å². The number of morpholine rings is 1. The lowest BCUT2D eigenvalue weighted by atomic mass is 10.2. The van der Waals surface area contributed by atoms with Crippen molar-refractivity contribution in [2.24, 2.45) is 0 Å². The average molecular weight is 312 g/mol. The van der Waals surface area contributed by atoms with Crippen molar-refractivity contribution in [3.63, 3.8) is 0 Å². The van der Waals surface area contributed by atoms with Crippen LogP contribution in [0.5, 0.6) is 0 Å². The molecule has 0 aliphatic carbocycles. The van der Waals surface area contributed by atoms with E-state index in [0.717, 1.165) is 30.0 Å². The van der Waals surface area contributed by atoms with E-state index in [4.69, 9.17) is 4.74 Å². The van der Waals surface area contributed by atoms with Crippen molar-refractivity contribution in [3.05, 3.63) is 53.9 Å². The highest BCUT2D eigenvalue weighted by Crippen LogP contribution is 2.18. The largest absolute Gasteiger partial charge is 0.369 e. The number of amides is 2. The number of anilines is 2. The number of rotatable bonds is 3. The Morgan fingerprint density at radius 3 is 2.57 bits per heavy atom. The predicted molar refractivity (Wildman–Crippen MR) is 89.6 cm³/mol. The highest BCUT2D eigenvalue weighted by atomic mass is 16.5.